The molecule has 7 heteroatoms. The second-order valence-corrected chi connectivity index (χ2v) is 10.1. The summed E-state index contributed by atoms with van der Waals surface area (Å²) in [5, 5.41) is 0. The number of ether oxygens (including phenoxy) is 1. The maximum atomic E-state index is 13.7. The number of hydrogen-bond acceptors (Lipinski definition) is 4. The van der Waals surface area contributed by atoms with E-state index in [0.29, 0.717) is 0 Å². The number of amides is 2. The van der Waals surface area contributed by atoms with Crippen molar-refractivity contribution in [3.05, 3.63) is 107 Å². The first-order valence-electron chi connectivity index (χ1n) is 11.0. The predicted octanol–water partition coefficient (Wildman–Crippen LogP) is 4.32. The molecule has 0 aromatic heterocycles. The third kappa shape index (κ3) is 2.65. The molecule has 3 aromatic rings. The van der Waals surface area contributed by atoms with Crippen molar-refractivity contribution >= 4 is 41.0 Å². The number of nitrogens with zero attached hydrogens (tertiary/aromatic N) is 1. The lowest BCUT2D eigenvalue weighted by Crippen LogP contribution is -2.57. The van der Waals surface area contributed by atoms with E-state index in [0.717, 1.165) is 32.7 Å². The van der Waals surface area contributed by atoms with Gasteiger partial charge in [-0.05, 0) is 27.8 Å². The normalized spacial score (nSPS) is 28.4. The molecule has 0 spiro atoms. The Kier molecular flexibility index (Phi) is 4.67. The van der Waals surface area contributed by atoms with Crippen LogP contribution in [0.4, 0.5) is 0 Å². The van der Waals surface area contributed by atoms with Gasteiger partial charge in [0.2, 0.25) is 11.8 Å². The summed E-state index contributed by atoms with van der Waals surface area (Å²) in [6, 6.07) is 24.0. The quantitative estimate of drug-likeness (QED) is 0.309. The number of halogens is 2. The van der Waals surface area contributed by atoms with E-state index in [9.17, 15) is 14.4 Å². The maximum Gasteiger partial charge on any atom is 0.326 e. The van der Waals surface area contributed by atoms with Crippen LogP contribution >= 0.6 is 23.2 Å². The van der Waals surface area contributed by atoms with Crippen molar-refractivity contribution < 1.29 is 19.1 Å². The fourth-order valence-corrected chi connectivity index (χ4v) is 6.89. The van der Waals surface area contributed by atoms with Crippen molar-refractivity contribution in [2.75, 3.05) is 6.54 Å². The summed E-state index contributed by atoms with van der Waals surface area (Å²) >= 11 is 14.7. The van der Waals surface area contributed by atoms with Crippen molar-refractivity contribution in [1.82, 2.24) is 4.90 Å². The van der Waals surface area contributed by atoms with Crippen molar-refractivity contribution in [2.45, 2.75) is 16.4 Å². The van der Waals surface area contributed by atoms with Crippen molar-refractivity contribution in [3.63, 3.8) is 0 Å². The summed E-state index contributed by atoms with van der Waals surface area (Å²) < 4.78 is 5.33. The zero-order valence-corrected chi connectivity index (χ0v) is 19.4. The summed E-state index contributed by atoms with van der Waals surface area (Å²) in [5.74, 6) is -3.53. The van der Waals surface area contributed by atoms with Crippen LogP contribution in [0.5, 0.6) is 0 Å². The second-order valence-electron chi connectivity index (χ2n) is 8.88. The average Bonchev–Trinajstić information content (AvgIpc) is 3.12. The first-order valence-corrected chi connectivity index (χ1v) is 11.8. The van der Waals surface area contributed by atoms with Crippen LogP contribution < -0.4 is 0 Å². The van der Waals surface area contributed by atoms with Gasteiger partial charge < -0.3 is 4.74 Å². The number of carbonyl (C=O) groups excluding carboxylic acids is 3. The van der Waals surface area contributed by atoms with Gasteiger partial charge in [0.05, 0.1) is 11.8 Å². The van der Waals surface area contributed by atoms with Crippen LogP contribution in [0.2, 0.25) is 0 Å². The number of imide groups is 1. The highest BCUT2D eigenvalue weighted by Gasteiger charge is 2.73. The predicted molar refractivity (Wildman–Crippen MR) is 126 cm³/mol. The highest BCUT2D eigenvalue weighted by atomic mass is 35.5. The van der Waals surface area contributed by atoms with Gasteiger partial charge in [-0.3, -0.25) is 19.3 Å². The molecule has 1 aliphatic heterocycles. The Labute approximate surface area is 206 Å². The Morgan fingerprint density at radius 1 is 0.735 bits per heavy atom. The Balaban J connectivity index is 1.38. The molecule has 1 heterocycles. The molecule has 0 unspecified atom stereocenters. The Morgan fingerprint density at radius 2 is 1.15 bits per heavy atom. The zero-order valence-electron chi connectivity index (χ0n) is 17.9. The van der Waals surface area contributed by atoms with Gasteiger partial charge in [0.25, 0.3) is 0 Å². The minimum Gasteiger partial charge on any atom is -0.459 e. The molecule has 170 valence electrons. The molecule has 3 aromatic carbocycles. The van der Waals surface area contributed by atoms with Crippen LogP contribution in [-0.4, -0.2) is 29.2 Å². The molecule has 0 N–H and O–H groups in total. The summed E-state index contributed by atoms with van der Waals surface area (Å²) in [5.41, 5.74) is 3.71. The number of carbonyl (C=O) groups is 3. The third-order valence-corrected chi connectivity index (χ3v) is 8.49. The molecular weight excluding hydrogens is 473 g/mol. The Bertz CT molecular complexity index is 1230. The SMILES string of the molecule is O=C(CN1C(=O)[C@H]2[C@H](C1=O)C1(Cl)c3ccccc3C2(Cl)c2ccccc21)OCc1ccccc1. The van der Waals surface area contributed by atoms with Crippen LogP contribution in [0.15, 0.2) is 78.9 Å². The minimum absolute atomic E-state index is 0.0541. The standard InChI is InChI=1S/C27H19Cl2NO4/c28-26-17-10-4-5-11-18(17)27(29,20-13-7-6-12-19(20)26)23-22(26)24(32)30(25(23)33)14-21(31)34-15-16-8-2-1-3-9-16/h1-13,22-23H,14-15H2/t22-,23-,26?,27?/m1/s1. The molecule has 7 rings (SSSR count). The van der Waals surface area contributed by atoms with E-state index < -0.39 is 45.9 Å². The van der Waals surface area contributed by atoms with Crippen LogP contribution in [0.3, 0.4) is 0 Å². The summed E-state index contributed by atoms with van der Waals surface area (Å²) in [6.07, 6.45) is 0. The van der Waals surface area contributed by atoms with E-state index in [1.807, 2.05) is 78.9 Å². The van der Waals surface area contributed by atoms with Gasteiger partial charge in [0.15, 0.2) is 0 Å². The van der Waals surface area contributed by atoms with Gasteiger partial charge in [-0.25, -0.2) is 0 Å². The average molecular weight is 492 g/mol. The molecule has 5 nitrogen and oxygen atoms in total. The lowest BCUT2D eigenvalue weighted by Gasteiger charge is -2.54. The number of likely N-dealkylation sites (tertiary alicyclic amines) is 1. The summed E-state index contributed by atoms with van der Waals surface area (Å²) in [6.45, 7) is -0.428. The monoisotopic (exact) mass is 491 g/mol. The fourth-order valence-electron chi connectivity index (χ4n) is 5.79. The van der Waals surface area contributed by atoms with Gasteiger partial charge in [0, 0.05) is 0 Å². The highest BCUT2D eigenvalue weighted by Crippen LogP contribution is 2.69. The first kappa shape index (κ1) is 21.4. The zero-order chi connectivity index (χ0) is 23.7. The molecule has 4 aliphatic rings. The summed E-state index contributed by atoms with van der Waals surface area (Å²) in [7, 11) is 0. The molecule has 0 saturated carbocycles. The Morgan fingerprint density at radius 3 is 1.59 bits per heavy atom. The van der Waals surface area contributed by atoms with Gasteiger partial charge in [0.1, 0.15) is 22.9 Å². The molecule has 1 saturated heterocycles. The van der Waals surface area contributed by atoms with Crippen LogP contribution in [-0.2, 0) is 35.5 Å². The molecule has 3 aliphatic carbocycles. The van der Waals surface area contributed by atoms with E-state index in [2.05, 4.69) is 0 Å². The number of alkyl halides is 2. The topological polar surface area (TPSA) is 63.7 Å². The van der Waals surface area contributed by atoms with Gasteiger partial charge in [-0.1, -0.05) is 78.9 Å². The summed E-state index contributed by atoms with van der Waals surface area (Å²) in [4.78, 5) is 38.4. The maximum absolute atomic E-state index is 13.7. The van der Waals surface area contributed by atoms with E-state index in [1.165, 1.54) is 0 Å². The highest BCUT2D eigenvalue weighted by molar-refractivity contribution is 6.36. The van der Waals surface area contributed by atoms with Crippen LogP contribution in [0, 0.1) is 11.8 Å². The van der Waals surface area contributed by atoms with Gasteiger partial charge >= 0.3 is 5.97 Å². The molecule has 34 heavy (non-hydrogen) atoms. The van der Waals surface area contributed by atoms with E-state index in [4.69, 9.17) is 27.9 Å². The third-order valence-electron chi connectivity index (χ3n) is 7.21. The first-order chi connectivity index (χ1) is 16.4. The molecule has 0 radical (unpaired) electrons. The Hall–Kier alpha value is -3.15. The lowest BCUT2D eigenvalue weighted by molar-refractivity contribution is -0.153. The molecule has 2 atom stereocenters. The van der Waals surface area contributed by atoms with Crippen LogP contribution in [0.1, 0.15) is 27.8 Å². The minimum atomic E-state index is -1.26. The second kappa shape index (κ2) is 7.42. The largest absolute Gasteiger partial charge is 0.459 e. The smallest absolute Gasteiger partial charge is 0.326 e. The fraction of sp³-hybridized carbons (Fsp3) is 0.222. The van der Waals surface area contributed by atoms with Crippen molar-refractivity contribution in [1.29, 1.82) is 0 Å². The molecule has 2 bridgehead atoms. The lowest BCUT2D eigenvalue weighted by atomic mass is 9.54. The number of benzene rings is 3. The van der Waals surface area contributed by atoms with Gasteiger partial charge in [-0.2, -0.15) is 0 Å². The molecular formula is C27H19Cl2NO4. The van der Waals surface area contributed by atoms with E-state index in [1.54, 1.807) is 0 Å². The van der Waals surface area contributed by atoms with Gasteiger partial charge in [-0.15, -0.1) is 23.2 Å². The van der Waals surface area contributed by atoms with Crippen LogP contribution in [0.25, 0.3) is 0 Å². The molecule has 1 fully saturated rings. The van der Waals surface area contributed by atoms with E-state index in [-0.39, 0.29) is 6.61 Å². The molecule has 2 amide bonds. The van der Waals surface area contributed by atoms with Crippen molar-refractivity contribution in [3.8, 4) is 0 Å². The van der Waals surface area contributed by atoms with Crippen molar-refractivity contribution in [2.24, 2.45) is 11.8 Å². The van der Waals surface area contributed by atoms with E-state index >= 15 is 0 Å². The number of hydrogen-bond donors (Lipinski definition) is 0. The number of rotatable bonds is 4. The number of esters is 1.